The molecular formula is C22H25ClN2O2. The van der Waals surface area contributed by atoms with Gasteiger partial charge in [0.1, 0.15) is 5.75 Å². The first-order valence-electron chi connectivity index (χ1n) is 9.58. The van der Waals surface area contributed by atoms with Crippen molar-refractivity contribution in [2.75, 3.05) is 26.7 Å². The fraction of sp³-hybridized carbons (Fsp3) is 0.409. The first-order chi connectivity index (χ1) is 13.2. The summed E-state index contributed by atoms with van der Waals surface area (Å²) in [5.41, 5.74) is 1.80. The van der Waals surface area contributed by atoms with Crippen LogP contribution >= 0.6 is 11.6 Å². The molecule has 27 heavy (non-hydrogen) atoms. The van der Waals surface area contributed by atoms with E-state index in [2.05, 4.69) is 29.2 Å². The van der Waals surface area contributed by atoms with E-state index in [1.165, 1.54) is 18.4 Å². The molecule has 1 heterocycles. The molecule has 1 aliphatic heterocycles. The van der Waals surface area contributed by atoms with Gasteiger partial charge >= 0.3 is 0 Å². The van der Waals surface area contributed by atoms with Gasteiger partial charge in [-0.05, 0) is 43.0 Å². The number of ether oxygens (including phenoxy) is 1. The number of hydrogen-bond acceptors (Lipinski definition) is 3. The standard InChI is InChI=1S/C22H25ClN2O2/c1-27-21-10-7-17(23)14-20(21)22(26)25-12-11-24(18-8-9-18)15-19(25)13-16-5-3-2-4-6-16/h2-7,10,14,18-19H,8-9,11-13,15H2,1H3. The Morgan fingerprint density at radius 2 is 1.93 bits per heavy atom. The highest BCUT2D eigenvalue weighted by atomic mass is 35.5. The molecule has 2 aromatic rings. The van der Waals surface area contributed by atoms with Gasteiger partial charge in [-0.1, -0.05) is 41.9 Å². The molecule has 1 atom stereocenters. The lowest BCUT2D eigenvalue weighted by Gasteiger charge is -2.42. The zero-order valence-electron chi connectivity index (χ0n) is 15.6. The van der Waals surface area contributed by atoms with Crippen molar-refractivity contribution in [2.24, 2.45) is 0 Å². The maximum absolute atomic E-state index is 13.4. The number of methoxy groups -OCH3 is 1. The molecule has 1 aliphatic carbocycles. The van der Waals surface area contributed by atoms with Gasteiger partial charge in [-0.25, -0.2) is 0 Å². The largest absolute Gasteiger partial charge is 0.496 e. The van der Waals surface area contributed by atoms with Crippen LogP contribution in [0.4, 0.5) is 0 Å². The molecule has 2 aliphatic rings. The molecule has 1 unspecified atom stereocenters. The second-order valence-electron chi connectivity index (χ2n) is 7.41. The first kappa shape index (κ1) is 18.3. The van der Waals surface area contributed by atoms with Gasteiger partial charge in [-0.3, -0.25) is 9.69 Å². The normalized spacial score (nSPS) is 20.5. The molecular weight excluding hydrogens is 360 g/mol. The van der Waals surface area contributed by atoms with Crippen LogP contribution in [0.25, 0.3) is 0 Å². The zero-order chi connectivity index (χ0) is 18.8. The minimum absolute atomic E-state index is 0.00530. The van der Waals surface area contributed by atoms with Crippen molar-refractivity contribution in [3.8, 4) is 5.75 Å². The van der Waals surface area contributed by atoms with Crippen molar-refractivity contribution in [3.05, 3.63) is 64.7 Å². The third kappa shape index (κ3) is 4.12. The molecule has 4 nitrogen and oxygen atoms in total. The second-order valence-corrected chi connectivity index (χ2v) is 7.85. The fourth-order valence-corrected chi connectivity index (χ4v) is 4.15. The minimum Gasteiger partial charge on any atom is -0.496 e. The smallest absolute Gasteiger partial charge is 0.258 e. The Labute approximate surface area is 165 Å². The van der Waals surface area contributed by atoms with Gasteiger partial charge in [0.05, 0.1) is 12.7 Å². The quantitative estimate of drug-likeness (QED) is 0.784. The van der Waals surface area contributed by atoms with Gasteiger partial charge in [0.25, 0.3) is 5.91 Å². The molecule has 0 N–H and O–H groups in total. The summed E-state index contributed by atoms with van der Waals surface area (Å²) >= 11 is 6.16. The lowest BCUT2D eigenvalue weighted by atomic mass is 10.0. The molecule has 142 valence electrons. The molecule has 1 amide bonds. The van der Waals surface area contributed by atoms with Crippen molar-refractivity contribution in [2.45, 2.75) is 31.3 Å². The number of rotatable bonds is 5. The van der Waals surface area contributed by atoms with Crippen molar-refractivity contribution < 1.29 is 9.53 Å². The van der Waals surface area contributed by atoms with Crippen LogP contribution < -0.4 is 4.74 Å². The lowest BCUT2D eigenvalue weighted by Crippen LogP contribution is -2.56. The Morgan fingerprint density at radius 3 is 2.63 bits per heavy atom. The van der Waals surface area contributed by atoms with E-state index >= 15 is 0 Å². The molecule has 1 saturated heterocycles. The van der Waals surface area contributed by atoms with E-state index in [0.29, 0.717) is 22.4 Å². The third-order valence-electron chi connectivity index (χ3n) is 5.54. The Morgan fingerprint density at radius 1 is 1.15 bits per heavy atom. The molecule has 2 fully saturated rings. The predicted molar refractivity (Wildman–Crippen MR) is 108 cm³/mol. The highest BCUT2D eigenvalue weighted by molar-refractivity contribution is 6.31. The number of halogens is 1. The molecule has 1 saturated carbocycles. The second kappa shape index (κ2) is 7.91. The van der Waals surface area contributed by atoms with Crippen molar-refractivity contribution >= 4 is 17.5 Å². The summed E-state index contributed by atoms with van der Waals surface area (Å²) in [7, 11) is 1.59. The molecule has 2 aromatic carbocycles. The average Bonchev–Trinajstić information content (AvgIpc) is 3.53. The summed E-state index contributed by atoms with van der Waals surface area (Å²) in [6, 6.07) is 16.5. The number of carbonyl (C=O) groups is 1. The van der Waals surface area contributed by atoms with E-state index in [-0.39, 0.29) is 11.9 Å². The summed E-state index contributed by atoms with van der Waals surface area (Å²) in [5, 5.41) is 0.551. The van der Waals surface area contributed by atoms with Crippen LogP contribution in [0.2, 0.25) is 5.02 Å². The number of carbonyl (C=O) groups excluding carboxylic acids is 1. The van der Waals surface area contributed by atoms with Gasteiger partial charge in [-0.2, -0.15) is 0 Å². The predicted octanol–water partition coefficient (Wildman–Crippen LogP) is 3.88. The van der Waals surface area contributed by atoms with Gasteiger partial charge in [0, 0.05) is 36.7 Å². The summed E-state index contributed by atoms with van der Waals surface area (Å²) in [5.74, 6) is 0.582. The third-order valence-corrected chi connectivity index (χ3v) is 5.78. The number of nitrogens with zero attached hydrogens (tertiary/aromatic N) is 2. The van der Waals surface area contributed by atoms with Gasteiger partial charge < -0.3 is 9.64 Å². The Kier molecular flexibility index (Phi) is 5.37. The van der Waals surface area contributed by atoms with E-state index in [1.54, 1.807) is 25.3 Å². The first-order valence-corrected chi connectivity index (χ1v) is 9.96. The number of benzene rings is 2. The molecule has 0 spiro atoms. The number of hydrogen-bond donors (Lipinski definition) is 0. The maximum Gasteiger partial charge on any atom is 0.258 e. The molecule has 0 aromatic heterocycles. The van der Waals surface area contributed by atoms with Crippen molar-refractivity contribution in [1.29, 1.82) is 0 Å². The fourth-order valence-electron chi connectivity index (χ4n) is 3.98. The summed E-state index contributed by atoms with van der Waals surface area (Å²) in [6.07, 6.45) is 3.43. The van der Waals surface area contributed by atoms with Crippen LogP contribution in [0.1, 0.15) is 28.8 Å². The topological polar surface area (TPSA) is 32.8 Å². The van der Waals surface area contributed by atoms with Crippen molar-refractivity contribution in [3.63, 3.8) is 0 Å². The summed E-state index contributed by atoms with van der Waals surface area (Å²) in [6.45, 7) is 2.60. The van der Waals surface area contributed by atoms with E-state index in [1.807, 2.05) is 11.0 Å². The summed E-state index contributed by atoms with van der Waals surface area (Å²) < 4.78 is 5.42. The SMILES string of the molecule is COc1ccc(Cl)cc1C(=O)N1CCN(C2CC2)CC1Cc1ccccc1. The van der Waals surface area contributed by atoms with Crippen LogP contribution in [0.15, 0.2) is 48.5 Å². The van der Waals surface area contributed by atoms with Crippen LogP contribution in [-0.4, -0.2) is 54.5 Å². The highest BCUT2D eigenvalue weighted by Gasteiger charge is 2.37. The lowest BCUT2D eigenvalue weighted by molar-refractivity contribution is 0.0434. The molecule has 0 radical (unpaired) electrons. The van der Waals surface area contributed by atoms with Crippen LogP contribution in [0, 0.1) is 0 Å². The van der Waals surface area contributed by atoms with Crippen LogP contribution in [-0.2, 0) is 6.42 Å². The van der Waals surface area contributed by atoms with Crippen LogP contribution in [0.3, 0.4) is 0 Å². The van der Waals surface area contributed by atoms with Crippen LogP contribution in [0.5, 0.6) is 5.75 Å². The Hall–Kier alpha value is -2.04. The van der Waals surface area contributed by atoms with Gasteiger partial charge in [0.2, 0.25) is 0 Å². The van der Waals surface area contributed by atoms with E-state index in [4.69, 9.17) is 16.3 Å². The monoisotopic (exact) mass is 384 g/mol. The Balaban J connectivity index is 1.60. The maximum atomic E-state index is 13.4. The number of piperazine rings is 1. The Bertz CT molecular complexity index is 807. The highest BCUT2D eigenvalue weighted by Crippen LogP contribution is 2.31. The van der Waals surface area contributed by atoms with E-state index < -0.39 is 0 Å². The zero-order valence-corrected chi connectivity index (χ0v) is 16.4. The van der Waals surface area contributed by atoms with E-state index in [9.17, 15) is 4.79 Å². The molecule has 0 bridgehead atoms. The van der Waals surface area contributed by atoms with Gasteiger partial charge in [0.15, 0.2) is 0 Å². The average molecular weight is 385 g/mol. The van der Waals surface area contributed by atoms with Gasteiger partial charge in [-0.15, -0.1) is 0 Å². The van der Waals surface area contributed by atoms with E-state index in [0.717, 1.165) is 26.1 Å². The minimum atomic E-state index is 0.00530. The summed E-state index contributed by atoms with van der Waals surface area (Å²) in [4.78, 5) is 18.0. The number of amides is 1. The molecule has 5 heteroatoms. The molecule has 4 rings (SSSR count). The van der Waals surface area contributed by atoms with Crippen molar-refractivity contribution in [1.82, 2.24) is 9.80 Å².